The predicted octanol–water partition coefficient (Wildman–Crippen LogP) is 2.76. The number of benzene rings is 2. The van der Waals surface area contributed by atoms with Gasteiger partial charge in [-0.1, -0.05) is 0 Å². The zero-order chi connectivity index (χ0) is 15.6. The van der Waals surface area contributed by atoms with Crippen LogP contribution in [0.4, 0.5) is 20.2 Å². The number of hydrogen-bond donors (Lipinski definition) is 1. The van der Waals surface area contributed by atoms with Gasteiger partial charge in [0.05, 0.1) is 5.69 Å². The van der Waals surface area contributed by atoms with Crippen LogP contribution in [0.1, 0.15) is 6.92 Å². The van der Waals surface area contributed by atoms with E-state index in [1.807, 2.05) is 0 Å². The van der Waals surface area contributed by atoms with Crippen LogP contribution < -0.4 is 10.0 Å². The molecule has 0 aliphatic carbocycles. The van der Waals surface area contributed by atoms with Gasteiger partial charge in [-0.2, -0.15) is 0 Å². The first-order valence-electron chi connectivity index (χ1n) is 6.19. The Hall–Kier alpha value is -2.15. The molecule has 0 atom stereocenters. The Morgan fingerprint density at radius 3 is 2.29 bits per heavy atom. The highest BCUT2D eigenvalue weighted by Crippen LogP contribution is 2.26. The van der Waals surface area contributed by atoms with E-state index in [-0.39, 0.29) is 17.9 Å². The van der Waals surface area contributed by atoms with Crippen LogP contribution in [0.2, 0.25) is 0 Å². The first-order valence-corrected chi connectivity index (χ1v) is 7.63. The van der Waals surface area contributed by atoms with Crippen molar-refractivity contribution in [2.45, 2.75) is 11.8 Å². The molecule has 4 nitrogen and oxygen atoms in total. The summed E-state index contributed by atoms with van der Waals surface area (Å²) in [6.45, 7) is 1.67. The molecule has 0 saturated heterocycles. The van der Waals surface area contributed by atoms with Crippen LogP contribution in [-0.4, -0.2) is 15.0 Å². The van der Waals surface area contributed by atoms with Crippen molar-refractivity contribution in [3.63, 3.8) is 0 Å². The van der Waals surface area contributed by atoms with Crippen molar-refractivity contribution in [1.29, 1.82) is 0 Å². The second-order valence-corrected chi connectivity index (χ2v) is 6.17. The monoisotopic (exact) mass is 312 g/mol. The summed E-state index contributed by atoms with van der Waals surface area (Å²) < 4.78 is 52.9. The van der Waals surface area contributed by atoms with Gasteiger partial charge in [-0.05, 0) is 49.4 Å². The molecule has 2 rings (SSSR count). The van der Waals surface area contributed by atoms with Gasteiger partial charge in [-0.15, -0.1) is 0 Å². The van der Waals surface area contributed by atoms with E-state index >= 15 is 0 Å². The zero-order valence-electron chi connectivity index (χ0n) is 11.3. The van der Waals surface area contributed by atoms with Crippen LogP contribution in [0.5, 0.6) is 0 Å². The van der Waals surface area contributed by atoms with Crippen LogP contribution >= 0.6 is 0 Å². The molecule has 21 heavy (non-hydrogen) atoms. The van der Waals surface area contributed by atoms with Gasteiger partial charge in [0, 0.05) is 12.2 Å². The molecule has 0 aromatic heterocycles. The Bertz CT molecular complexity index is 746. The Morgan fingerprint density at radius 2 is 1.71 bits per heavy atom. The van der Waals surface area contributed by atoms with E-state index in [0.29, 0.717) is 0 Å². The molecule has 2 aromatic carbocycles. The first-order chi connectivity index (χ1) is 9.86. The fourth-order valence-corrected chi connectivity index (χ4v) is 3.51. The molecule has 0 bridgehead atoms. The quantitative estimate of drug-likeness (QED) is 0.883. The minimum absolute atomic E-state index is 0.0716. The van der Waals surface area contributed by atoms with Gasteiger partial charge < -0.3 is 5.73 Å². The number of anilines is 2. The SMILES string of the molecule is CCN(c1ccc(F)cc1)S(=O)(=O)c1cc(N)ccc1F. The van der Waals surface area contributed by atoms with Gasteiger partial charge in [-0.25, -0.2) is 17.2 Å². The zero-order valence-corrected chi connectivity index (χ0v) is 12.1. The van der Waals surface area contributed by atoms with Crippen molar-refractivity contribution >= 4 is 21.4 Å². The fourth-order valence-electron chi connectivity index (χ4n) is 1.94. The number of rotatable bonds is 4. The Kier molecular flexibility index (Phi) is 4.13. The van der Waals surface area contributed by atoms with E-state index < -0.39 is 26.6 Å². The van der Waals surface area contributed by atoms with Crippen molar-refractivity contribution in [2.75, 3.05) is 16.6 Å². The normalized spacial score (nSPS) is 11.4. The van der Waals surface area contributed by atoms with Crippen molar-refractivity contribution in [1.82, 2.24) is 0 Å². The van der Waals surface area contributed by atoms with Crippen molar-refractivity contribution in [3.05, 3.63) is 54.1 Å². The number of nitrogens with zero attached hydrogens (tertiary/aromatic N) is 1. The lowest BCUT2D eigenvalue weighted by molar-refractivity contribution is 0.564. The van der Waals surface area contributed by atoms with Crippen molar-refractivity contribution < 1.29 is 17.2 Å². The van der Waals surface area contributed by atoms with Gasteiger partial charge in [0.1, 0.15) is 16.5 Å². The molecule has 7 heteroatoms. The maximum atomic E-state index is 13.8. The molecule has 0 unspecified atom stereocenters. The van der Waals surface area contributed by atoms with E-state index in [1.165, 1.54) is 18.2 Å². The Balaban J connectivity index is 2.54. The Labute approximate surface area is 121 Å². The van der Waals surface area contributed by atoms with Crippen LogP contribution in [0, 0.1) is 11.6 Å². The maximum absolute atomic E-state index is 13.8. The smallest absolute Gasteiger partial charge is 0.267 e. The minimum atomic E-state index is -4.11. The maximum Gasteiger partial charge on any atom is 0.267 e. The van der Waals surface area contributed by atoms with Gasteiger partial charge >= 0.3 is 0 Å². The Morgan fingerprint density at radius 1 is 1.10 bits per heavy atom. The fraction of sp³-hybridized carbons (Fsp3) is 0.143. The second-order valence-electron chi connectivity index (χ2n) is 4.34. The molecule has 0 spiro atoms. The summed E-state index contributed by atoms with van der Waals surface area (Å²) in [4.78, 5) is -0.506. The standard InChI is InChI=1S/C14H14F2N2O2S/c1-2-18(12-6-3-10(15)4-7-12)21(19,20)14-9-11(17)5-8-13(14)16/h3-9H,2,17H2,1H3. The summed E-state index contributed by atoms with van der Waals surface area (Å²) in [6.07, 6.45) is 0. The van der Waals surface area contributed by atoms with Crippen molar-refractivity contribution in [2.24, 2.45) is 0 Å². The summed E-state index contributed by atoms with van der Waals surface area (Å²) in [7, 11) is -4.11. The molecule has 0 amide bonds. The lowest BCUT2D eigenvalue weighted by Crippen LogP contribution is -2.31. The molecule has 0 heterocycles. The molecular formula is C14H14F2N2O2S. The van der Waals surface area contributed by atoms with Gasteiger partial charge in [-0.3, -0.25) is 4.31 Å². The highest BCUT2D eigenvalue weighted by atomic mass is 32.2. The summed E-state index contributed by atoms with van der Waals surface area (Å²) in [6, 6.07) is 8.27. The largest absolute Gasteiger partial charge is 0.399 e. The van der Waals surface area contributed by atoms with Gasteiger partial charge in [0.25, 0.3) is 10.0 Å². The van der Waals surface area contributed by atoms with E-state index in [9.17, 15) is 17.2 Å². The molecule has 2 N–H and O–H groups in total. The van der Waals surface area contributed by atoms with Crippen LogP contribution in [0.15, 0.2) is 47.4 Å². The van der Waals surface area contributed by atoms with E-state index in [0.717, 1.165) is 28.6 Å². The number of nitrogen functional groups attached to an aromatic ring is 1. The summed E-state index contributed by atoms with van der Waals surface area (Å²) >= 11 is 0. The summed E-state index contributed by atoms with van der Waals surface area (Å²) in [5.41, 5.74) is 5.92. The first kappa shape index (κ1) is 15.2. The minimum Gasteiger partial charge on any atom is -0.399 e. The van der Waals surface area contributed by atoms with E-state index in [1.54, 1.807) is 6.92 Å². The van der Waals surface area contributed by atoms with Gasteiger partial charge in [0.15, 0.2) is 0 Å². The molecule has 0 radical (unpaired) electrons. The van der Waals surface area contributed by atoms with Crippen LogP contribution in [0.3, 0.4) is 0 Å². The predicted molar refractivity (Wildman–Crippen MR) is 77.4 cm³/mol. The third kappa shape index (κ3) is 2.97. The average molecular weight is 312 g/mol. The molecule has 2 aromatic rings. The van der Waals surface area contributed by atoms with E-state index in [4.69, 9.17) is 5.73 Å². The lowest BCUT2D eigenvalue weighted by atomic mass is 10.3. The molecular weight excluding hydrogens is 298 g/mol. The number of halogens is 2. The van der Waals surface area contributed by atoms with E-state index in [2.05, 4.69) is 0 Å². The average Bonchev–Trinajstić information content (AvgIpc) is 2.44. The summed E-state index contributed by atoms with van der Waals surface area (Å²) in [5.74, 6) is -1.37. The molecule has 0 fully saturated rings. The third-order valence-electron chi connectivity index (χ3n) is 2.93. The lowest BCUT2D eigenvalue weighted by Gasteiger charge is -2.23. The number of nitrogens with two attached hydrogens (primary N) is 1. The van der Waals surface area contributed by atoms with Gasteiger partial charge in [0.2, 0.25) is 0 Å². The topological polar surface area (TPSA) is 63.4 Å². The summed E-state index contributed by atoms with van der Waals surface area (Å²) in [5, 5.41) is 0. The molecule has 112 valence electrons. The number of sulfonamides is 1. The highest BCUT2D eigenvalue weighted by molar-refractivity contribution is 7.92. The highest BCUT2D eigenvalue weighted by Gasteiger charge is 2.27. The third-order valence-corrected chi connectivity index (χ3v) is 4.84. The van der Waals surface area contributed by atoms with Crippen molar-refractivity contribution in [3.8, 4) is 0 Å². The molecule has 0 aliphatic heterocycles. The molecule has 0 aliphatic rings. The second kappa shape index (κ2) is 5.69. The van der Waals surface area contributed by atoms with Crippen LogP contribution in [-0.2, 0) is 10.0 Å². The number of hydrogen-bond acceptors (Lipinski definition) is 3. The molecule has 0 saturated carbocycles. The van der Waals surface area contributed by atoms with Crippen LogP contribution in [0.25, 0.3) is 0 Å².